The number of rotatable bonds is 1. The normalized spacial score (nSPS) is 25.2. The quantitative estimate of drug-likeness (QED) is 0.865. The van der Waals surface area contributed by atoms with E-state index in [4.69, 9.17) is 14.2 Å². The van der Waals surface area contributed by atoms with Gasteiger partial charge in [0.25, 0.3) is 0 Å². The number of ether oxygens (including phenoxy) is 3. The largest absolute Gasteiger partial charge is 0.449 e. The van der Waals surface area contributed by atoms with E-state index in [1.165, 1.54) is 0 Å². The molecule has 18 heavy (non-hydrogen) atoms. The van der Waals surface area contributed by atoms with Crippen LogP contribution in [0, 0.1) is 0 Å². The third-order valence-electron chi connectivity index (χ3n) is 3.05. The zero-order valence-electron chi connectivity index (χ0n) is 10.5. The van der Waals surface area contributed by atoms with Crippen molar-refractivity contribution in [3.8, 4) is 11.5 Å². The predicted molar refractivity (Wildman–Crippen MR) is 71.0 cm³/mol. The molecule has 1 unspecified atom stereocenters. The van der Waals surface area contributed by atoms with Crippen molar-refractivity contribution in [1.82, 2.24) is 5.32 Å². The topological polar surface area (TPSA) is 39.7 Å². The van der Waals surface area contributed by atoms with E-state index in [1.807, 2.05) is 26.0 Å². The van der Waals surface area contributed by atoms with Crippen LogP contribution in [0.1, 0.15) is 25.5 Å². The second kappa shape index (κ2) is 4.40. The minimum atomic E-state index is -0.591. The third-order valence-corrected chi connectivity index (χ3v) is 3.74. The van der Waals surface area contributed by atoms with Crippen LogP contribution in [0.25, 0.3) is 0 Å². The van der Waals surface area contributed by atoms with Crippen LogP contribution in [-0.4, -0.2) is 25.5 Å². The van der Waals surface area contributed by atoms with Gasteiger partial charge in [-0.1, -0.05) is 15.9 Å². The molecule has 2 heterocycles. The molecule has 4 nitrogen and oxygen atoms in total. The summed E-state index contributed by atoms with van der Waals surface area (Å²) < 4.78 is 18.2. The Bertz CT molecular complexity index is 470. The van der Waals surface area contributed by atoms with Gasteiger partial charge in [-0.3, -0.25) is 0 Å². The number of hydrogen-bond donors (Lipinski definition) is 1. The van der Waals surface area contributed by atoms with Crippen LogP contribution in [0.4, 0.5) is 0 Å². The lowest BCUT2D eigenvalue weighted by molar-refractivity contribution is -0.0432. The Morgan fingerprint density at radius 1 is 1.28 bits per heavy atom. The van der Waals surface area contributed by atoms with E-state index < -0.39 is 5.79 Å². The lowest BCUT2D eigenvalue weighted by atomic mass is 10.1. The maximum Gasteiger partial charge on any atom is 0.246 e. The number of fused-ring (bicyclic) bond motifs is 1. The van der Waals surface area contributed by atoms with Crippen molar-refractivity contribution >= 4 is 15.9 Å². The first-order valence-corrected chi connectivity index (χ1v) is 6.88. The van der Waals surface area contributed by atoms with Gasteiger partial charge in [0.05, 0.1) is 12.7 Å². The van der Waals surface area contributed by atoms with Crippen molar-refractivity contribution in [1.29, 1.82) is 0 Å². The van der Waals surface area contributed by atoms with Crippen molar-refractivity contribution in [2.75, 3.05) is 19.7 Å². The van der Waals surface area contributed by atoms with Gasteiger partial charge in [0.15, 0.2) is 11.5 Å². The molecule has 0 amide bonds. The van der Waals surface area contributed by atoms with Crippen LogP contribution in [0.5, 0.6) is 11.5 Å². The molecule has 2 aliphatic heterocycles. The van der Waals surface area contributed by atoms with Crippen molar-refractivity contribution in [2.24, 2.45) is 0 Å². The van der Waals surface area contributed by atoms with Gasteiger partial charge in [0, 0.05) is 37.0 Å². The molecular weight excluding hydrogens is 298 g/mol. The molecule has 5 heteroatoms. The Morgan fingerprint density at radius 3 is 2.67 bits per heavy atom. The van der Waals surface area contributed by atoms with Gasteiger partial charge in [0.1, 0.15) is 0 Å². The van der Waals surface area contributed by atoms with Crippen LogP contribution < -0.4 is 14.8 Å². The molecule has 1 atom stereocenters. The molecule has 1 N–H and O–H groups in total. The minimum absolute atomic E-state index is 0.0609. The fraction of sp³-hybridized carbons (Fsp3) is 0.538. The van der Waals surface area contributed by atoms with E-state index in [9.17, 15) is 0 Å². The zero-order valence-corrected chi connectivity index (χ0v) is 12.0. The lowest BCUT2D eigenvalue weighted by Gasteiger charge is -2.25. The van der Waals surface area contributed by atoms with Gasteiger partial charge < -0.3 is 19.5 Å². The summed E-state index contributed by atoms with van der Waals surface area (Å²) in [5, 5.41) is 3.33. The zero-order chi connectivity index (χ0) is 12.8. The fourth-order valence-electron chi connectivity index (χ4n) is 2.27. The van der Waals surface area contributed by atoms with Gasteiger partial charge in [-0.25, -0.2) is 0 Å². The molecule has 0 spiro atoms. The molecule has 0 aromatic heterocycles. The molecule has 0 radical (unpaired) electrons. The highest BCUT2D eigenvalue weighted by atomic mass is 79.9. The van der Waals surface area contributed by atoms with Crippen LogP contribution in [0.2, 0.25) is 0 Å². The average molecular weight is 314 g/mol. The Balaban J connectivity index is 1.93. The molecular formula is C13H16BrNO3. The smallest absolute Gasteiger partial charge is 0.246 e. The average Bonchev–Trinajstić information content (AvgIpc) is 2.62. The lowest BCUT2D eigenvalue weighted by Crippen LogP contribution is -2.33. The highest BCUT2D eigenvalue weighted by Gasteiger charge is 2.33. The second-order valence-corrected chi connectivity index (χ2v) is 5.84. The molecule has 3 rings (SSSR count). The van der Waals surface area contributed by atoms with E-state index in [0.29, 0.717) is 0 Å². The van der Waals surface area contributed by atoms with Gasteiger partial charge in [-0.15, -0.1) is 0 Å². The number of hydrogen-bond acceptors (Lipinski definition) is 4. The van der Waals surface area contributed by atoms with Crippen LogP contribution >= 0.6 is 15.9 Å². The van der Waals surface area contributed by atoms with Gasteiger partial charge >= 0.3 is 0 Å². The summed E-state index contributed by atoms with van der Waals surface area (Å²) in [6, 6.07) is 3.96. The van der Waals surface area contributed by atoms with Gasteiger partial charge in [-0.05, 0) is 12.1 Å². The summed E-state index contributed by atoms with van der Waals surface area (Å²) in [7, 11) is 0. The summed E-state index contributed by atoms with van der Waals surface area (Å²) in [5.74, 6) is 0.971. The first-order valence-electron chi connectivity index (χ1n) is 6.09. The SMILES string of the molecule is CC1(C)Oc2cc(Br)c(C3CNCCO3)cc2O1. The molecule has 1 fully saturated rings. The highest BCUT2D eigenvalue weighted by molar-refractivity contribution is 9.10. The van der Waals surface area contributed by atoms with Crippen molar-refractivity contribution < 1.29 is 14.2 Å². The molecule has 2 aliphatic rings. The Kier molecular flexibility index (Phi) is 3.00. The maximum absolute atomic E-state index is 5.77. The Hall–Kier alpha value is -0.780. The molecule has 0 bridgehead atoms. The first-order chi connectivity index (χ1) is 8.55. The Labute approximate surface area is 115 Å². The number of halogens is 1. The molecule has 0 saturated carbocycles. The fourth-order valence-corrected chi connectivity index (χ4v) is 2.85. The molecule has 1 aromatic carbocycles. The van der Waals surface area contributed by atoms with Crippen molar-refractivity contribution in [2.45, 2.75) is 25.7 Å². The van der Waals surface area contributed by atoms with E-state index in [0.717, 1.165) is 41.2 Å². The monoisotopic (exact) mass is 313 g/mol. The van der Waals surface area contributed by atoms with Gasteiger partial charge in [-0.2, -0.15) is 0 Å². The van der Waals surface area contributed by atoms with Crippen LogP contribution in [-0.2, 0) is 4.74 Å². The van der Waals surface area contributed by atoms with E-state index in [-0.39, 0.29) is 6.10 Å². The van der Waals surface area contributed by atoms with Crippen molar-refractivity contribution in [3.63, 3.8) is 0 Å². The number of morpholine rings is 1. The molecule has 1 saturated heterocycles. The van der Waals surface area contributed by atoms with Gasteiger partial charge in [0.2, 0.25) is 5.79 Å². The van der Waals surface area contributed by atoms with Crippen molar-refractivity contribution in [3.05, 3.63) is 22.2 Å². The molecule has 0 aliphatic carbocycles. The van der Waals surface area contributed by atoms with Crippen LogP contribution in [0.15, 0.2) is 16.6 Å². The summed E-state index contributed by atoms with van der Waals surface area (Å²) >= 11 is 3.58. The standard InChI is InChI=1S/C13H16BrNO3/c1-13(2)17-10-5-8(9(14)6-11(10)18-13)12-7-15-3-4-16-12/h5-6,12,15H,3-4,7H2,1-2H3. The van der Waals surface area contributed by atoms with Crippen LogP contribution in [0.3, 0.4) is 0 Å². The number of nitrogens with one attached hydrogen (secondary N) is 1. The van der Waals surface area contributed by atoms with E-state index in [2.05, 4.69) is 21.2 Å². The predicted octanol–water partition coefficient (Wildman–Crippen LogP) is 2.62. The number of benzene rings is 1. The molecule has 1 aromatic rings. The molecule has 98 valence electrons. The highest BCUT2D eigenvalue weighted by Crippen LogP contribution is 2.44. The third kappa shape index (κ3) is 2.22. The second-order valence-electron chi connectivity index (χ2n) is 4.99. The summed E-state index contributed by atoms with van der Waals surface area (Å²) in [6.45, 7) is 6.27. The Morgan fingerprint density at radius 2 is 2.00 bits per heavy atom. The van der Waals surface area contributed by atoms with E-state index >= 15 is 0 Å². The van der Waals surface area contributed by atoms with E-state index in [1.54, 1.807) is 0 Å². The maximum atomic E-state index is 5.77. The summed E-state index contributed by atoms with van der Waals surface area (Å²) in [4.78, 5) is 0. The summed E-state index contributed by atoms with van der Waals surface area (Å²) in [6.07, 6.45) is 0.0609. The first kappa shape index (κ1) is 12.3. The minimum Gasteiger partial charge on any atom is -0.449 e. The summed E-state index contributed by atoms with van der Waals surface area (Å²) in [5.41, 5.74) is 1.10.